The summed E-state index contributed by atoms with van der Waals surface area (Å²) in [6.45, 7) is 4.89. The number of carbonyl (C=O) groups excluding carboxylic acids is 1. The first-order valence-electron chi connectivity index (χ1n) is 6.47. The van der Waals surface area contributed by atoms with Crippen molar-refractivity contribution in [2.24, 2.45) is 5.73 Å². The first-order chi connectivity index (χ1) is 9.56. The van der Waals surface area contributed by atoms with Gasteiger partial charge in [0, 0.05) is 23.6 Å². The number of nitrogens with two attached hydrogens (primary N) is 1. The van der Waals surface area contributed by atoms with Crippen LogP contribution in [0.3, 0.4) is 0 Å². The van der Waals surface area contributed by atoms with Crippen LogP contribution in [0.5, 0.6) is 0 Å². The van der Waals surface area contributed by atoms with Crippen LogP contribution >= 0.6 is 0 Å². The Kier molecular flexibility index (Phi) is 4.24. The van der Waals surface area contributed by atoms with E-state index in [0.717, 1.165) is 11.4 Å². The number of imidazole rings is 1. The second-order valence-corrected chi connectivity index (χ2v) is 4.81. The van der Waals surface area contributed by atoms with Gasteiger partial charge in [-0.25, -0.2) is 9.78 Å². The average Bonchev–Trinajstić information content (AvgIpc) is 2.84. The van der Waals surface area contributed by atoms with Crippen molar-refractivity contribution in [3.8, 4) is 0 Å². The summed E-state index contributed by atoms with van der Waals surface area (Å²) in [7, 11) is 0. The van der Waals surface area contributed by atoms with Gasteiger partial charge >= 0.3 is 6.03 Å². The highest BCUT2D eigenvalue weighted by molar-refractivity contribution is 5.88. The normalized spacial score (nSPS) is 10.6. The second-order valence-electron chi connectivity index (χ2n) is 4.81. The van der Waals surface area contributed by atoms with Gasteiger partial charge in [-0.3, -0.25) is 0 Å². The quantitative estimate of drug-likeness (QED) is 0.782. The van der Waals surface area contributed by atoms with Gasteiger partial charge in [-0.1, -0.05) is 6.07 Å². The van der Waals surface area contributed by atoms with Gasteiger partial charge in [0.1, 0.15) is 0 Å². The summed E-state index contributed by atoms with van der Waals surface area (Å²) >= 11 is 0. The molecule has 0 unspecified atom stereocenters. The zero-order valence-corrected chi connectivity index (χ0v) is 11.6. The molecule has 0 fully saturated rings. The highest BCUT2D eigenvalue weighted by Gasteiger charge is 2.05. The van der Waals surface area contributed by atoms with Crippen LogP contribution in [-0.4, -0.2) is 15.6 Å². The molecule has 6 heteroatoms. The van der Waals surface area contributed by atoms with Gasteiger partial charge < -0.3 is 20.9 Å². The van der Waals surface area contributed by atoms with Crippen LogP contribution in [0.4, 0.5) is 16.2 Å². The molecule has 1 aromatic heterocycles. The summed E-state index contributed by atoms with van der Waals surface area (Å²) in [4.78, 5) is 15.0. The molecule has 2 rings (SSSR count). The molecule has 0 saturated heterocycles. The number of primary amides is 1. The number of rotatable bonds is 5. The fourth-order valence-corrected chi connectivity index (χ4v) is 1.98. The average molecular weight is 273 g/mol. The van der Waals surface area contributed by atoms with Gasteiger partial charge in [0.25, 0.3) is 0 Å². The Morgan fingerprint density at radius 3 is 2.85 bits per heavy atom. The number of anilines is 2. The van der Waals surface area contributed by atoms with Crippen molar-refractivity contribution < 1.29 is 4.79 Å². The maximum Gasteiger partial charge on any atom is 0.316 e. The molecule has 0 radical (unpaired) electrons. The van der Waals surface area contributed by atoms with Gasteiger partial charge in [-0.05, 0) is 32.0 Å². The summed E-state index contributed by atoms with van der Waals surface area (Å²) in [5.41, 5.74) is 7.78. The Hall–Kier alpha value is -2.50. The smallest absolute Gasteiger partial charge is 0.316 e. The topological polar surface area (TPSA) is 85.0 Å². The van der Waals surface area contributed by atoms with Crippen LogP contribution in [0.1, 0.15) is 25.6 Å². The van der Waals surface area contributed by atoms with Crippen molar-refractivity contribution in [2.75, 3.05) is 10.6 Å². The Morgan fingerprint density at radius 1 is 1.40 bits per heavy atom. The maximum atomic E-state index is 10.8. The SMILES string of the molecule is CC(C)n1cncc1CNc1cccc(NC(N)=O)c1. The van der Waals surface area contributed by atoms with Crippen LogP contribution in [0.25, 0.3) is 0 Å². The molecule has 106 valence electrons. The van der Waals surface area contributed by atoms with E-state index in [1.165, 1.54) is 0 Å². The second kappa shape index (κ2) is 6.10. The number of amides is 2. The first kappa shape index (κ1) is 13.9. The molecule has 6 nitrogen and oxygen atoms in total. The number of nitrogens with one attached hydrogen (secondary N) is 2. The van der Waals surface area contributed by atoms with E-state index in [1.54, 1.807) is 6.07 Å². The first-order valence-corrected chi connectivity index (χ1v) is 6.47. The molecule has 0 spiro atoms. The zero-order valence-electron chi connectivity index (χ0n) is 11.6. The Bertz CT molecular complexity index is 591. The standard InChI is InChI=1S/C14H19N5O/c1-10(2)19-9-16-7-13(19)8-17-11-4-3-5-12(6-11)18-14(15)20/h3-7,9-10,17H,8H2,1-2H3,(H3,15,18,20). The van der Waals surface area contributed by atoms with Gasteiger partial charge in [-0.2, -0.15) is 0 Å². The maximum absolute atomic E-state index is 10.8. The molecule has 0 aliphatic heterocycles. The lowest BCUT2D eigenvalue weighted by Gasteiger charge is -2.13. The minimum Gasteiger partial charge on any atom is -0.379 e. The minimum atomic E-state index is -0.569. The van der Waals surface area contributed by atoms with E-state index in [-0.39, 0.29) is 0 Å². The molecule has 1 aromatic carbocycles. The molecule has 4 N–H and O–H groups in total. The fraction of sp³-hybridized carbons (Fsp3) is 0.286. The third-order valence-electron chi connectivity index (χ3n) is 2.91. The molecule has 0 atom stereocenters. The largest absolute Gasteiger partial charge is 0.379 e. The van der Waals surface area contributed by atoms with Gasteiger partial charge in [0.2, 0.25) is 0 Å². The fourth-order valence-electron chi connectivity index (χ4n) is 1.98. The van der Waals surface area contributed by atoms with Gasteiger partial charge in [0.15, 0.2) is 0 Å². The van der Waals surface area contributed by atoms with E-state index < -0.39 is 6.03 Å². The molecular weight excluding hydrogens is 254 g/mol. The lowest BCUT2D eigenvalue weighted by molar-refractivity contribution is 0.259. The summed E-state index contributed by atoms with van der Waals surface area (Å²) in [6, 6.07) is 7.21. The van der Waals surface area contributed by atoms with Crippen molar-refractivity contribution in [1.82, 2.24) is 9.55 Å². The van der Waals surface area contributed by atoms with E-state index in [1.807, 2.05) is 30.7 Å². The van der Waals surface area contributed by atoms with Gasteiger partial charge in [-0.15, -0.1) is 0 Å². The van der Waals surface area contributed by atoms with Crippen molar-refractivity contribution >= 4 is 17.4 Å². The number of aromatic nitrogens is 2. The Balaban J connectivity index is 2.03. The highest BCUT2D eigenvalue weighted by Crippen LogP contribution is 2.16. The van der Waals surface area contributed by atoms with E-state index >= 15 is 0 Å². The molecule has 2 aromatic rings. The zero-order chi connectivity index (χ0) is 14.5. The lowest BCUT2D eigenvalue weighted by atomic mass is 10.2. The number of benzene rings is 1. The Morgan fingerprint density at radius 2 is 2.15 bits per heavy atom. The third-order valence-corrected chi connectivity index (χ3v) is 2.91. The van der Waals surface area contributed by atoms with E-state index in [4.69, 9.17) is 5.73 Å². The molecular formula is C14H19N5O. The van der Waals surface area contributed by atoms with Crippen LogP contribution < -0.4 is 16.4 Å². The van der Waals surface area contributed by atoms with Crippen molar-refractivity contribution in [3.63, 3.8) is 0 Å². The van der Waals surface area contributed by atoms with Crippen LogP contribution in [-0.2, 0) is 6.54 Å². The highest BCUT2D eigenvalue weighted by atomic mass is 16.2. The minimum absolute atomic E-state index is 0.372. The predicted molar refractivity (Wildman–Crippen MR) is 79.6 cm³/mol. The molecule has 0 saturated carbocycles. The van der Waals surface area contributed by atoms with Crippen LogP contribution in [0.2, 0.25) is 0 Å². The van der Waals surface area contributed by atoms with Crippen LogP contribution in [0.15, 0.2) is 36.8 Å². The molecule has 2 amide bonds. The van der Waals surface area contributed by atoms with Crippen LogP contribution in [0, 0.1) is 0 Å². The van der Waals surface area contributed by atoms with E-state index in [9.17, 15) is 4.79 Å². The third kappa shape index (κ3) is 3.50. The molecule has 0 bridgehead atoms. The summed E-state index contributed by atoms with van der Waals surface area (Å²) in [5, 5.41) is 5.85. The van der Waals surface area contributed by atoms with Crippen molar-refractivity contribution in [2.45, 2.75) is 26.4 Å². The molecule has 0 aliphatic carbocycles. The number of urea groups is 1. The Labute approximate surface area is 118 Å². The predicted octanol–water partition coefficient (Wildman–Crippen LogP) is 2.57. The number of hydrogen-bond acceptors (Lipinski definition) is 3. The summed E-state index contributed by atoms with van der Waals surface area (Å²) in [6.07, 6.45) is 3.67. The summed E-state index contributed by atoms with van der Waals surface area (Å²) in [5.74, 6) is 0. The molecule has 20 heavy (non-hydrogen) atoms. The summed E-state index contributed by atoms with van der Waals surface area (Å²) < 4.78 is 2.11. The van der Waals surface area contributed by atoms with Crippen molar-refractivity contribution in [1.29, 1.82) is 0 Å². The molecule has 0 aliphatic rings. The van der Waals surface area contributed by atoms with E-state index in [2.05, 4.69) is 34.0 Å². The van der Waals surface area contributed by atoms with Crippen molar-refractivity contribution in [3.05, 3.63) is 42.5 Å². The molecule has 1 heterocycles. The van der Waals surface area contributed by atoms with E-state index in [0.29, 0.717) is 18.3 Å². The van der Waals surface area contributed by atoms with Gasteiger partial charge in [0.05, 0.1) is 18.6 Å². The monoisotopic (exact) mass is 273 g/mol. The lowest BCUT2D eigenvalue weighted by Crippen LogP contribution is -2.19. The number of nitrogens with zero attached hydrogens (tertiary/aromatic N) is 2. The number of hydrogen-bond donors (Lipinski definition) is 3. The number of carbonyl (C=O) groups is 1.